The van der Waals surface area contributed by atoms with Crippen LogP contribution in [-0.4, -0.2) is 47.6 Å². The van der Waals surface area contributed by atoms with Crippen molar-refractivity contribution in [2.75, 3.05) is 19.7 Å². The second-order valence-corrected chi connectivity index (χ2v) is 7.80. The van der Waals surface area contributed by atoms with E-state index in [-0.39, 0.29) is 42.3 Å². The summed E-state index contributed by atoms with van der Waals surface area (Å²) in [5.74, 6) is -0.170. The number of hydrogen-bond donors (Lipinski definition) is 2. The van der Waals surface area contributed by atoms with Crippen molar-refractivity contribution in [2.24, 2.45) is 5.92 Å². The van der Waals surface area contributed by atoms with E-state index in [0.717, 1.165) is 18.4 Å². The molecule has 0 radical (unpaired) electrons. The topological polar surface area (TPSA) is 69.6 Å². The molecule has 0 bridgehead atoms. The molecule has 1 heterocycles. The number of carbonyl (C=O) groups is 2. The lowest BCUT2D eigenvalue weighted by Gasteiger charge is -2.26. The van der Waals surface area contributed by atoms with Gasteiger partial charge in [-0.15, -0.1) is 0 Å². The maximum atomic E-state index is 12.4. The third kappa shape index (κ3) is 4.60. The maximum absolute atomic E-state index is 12.4. The first-order valence-electron chi connectivity index (χ1n) is 9.07. The summed E-state index contributed by atoms with van der Waals surface area (Å²) in [6, 6.07) is 7.58. The maximum Gasteiger partial charge on any atom is 0.251 e. The average molecular weight is 346 g/mol. The van der Waals surface area contributed by atoms with Gasteiger partial charge < -0.3 is 15.3 Å². The van der Waals surface area contributed by atoms with E-state index in [4.69, 9.17) is 0 Å². The van der Waals surface area contributed by atoms with E-state index in [2.05, 4.69) is 26.1 Å². The van der Waals surface area contributed by atoms with Gasteiger partial charge in [0.2, 0.25) is 5.91 Å². The second-order valence-electron chi connectivity index (χ2n) is 7.80. The largest absolute Gasteiger partial charge is 0.396 e. The first-order valence-corrected chi connectivity index (χ1v) is 9.07. The summed E-state index contributed by atoms with van der Waals surface area (Å²) in [5.41, 5.74) is 1.76. The molecule has 0 saturated carbocycles. The zero-order valence-electron chi connectivity index (χ0n) is 15.7. The van der Waals surface area contributed by atoms with Crippen LogP contribution >= 0.6 is 0 Å². The molecule has 1 fully saturated rings. The lowest BCUT2D eigenvalue weighted by molar-refractivity contribution is -0.131. The summed E-state index contributed by atoms with van der Waals surface area (Å²) in [6.45, 7) is 9.15. The highest BCUT2D eigenvalue weighted by Gasteiger charge is 2.35. The average Bonchev–Trinajstić information content (AvgIpc) is 3.01. The fourth-order valence-electron chi connectivity index (χ4n) is 3.48. The van der Waals surface area contributed by atoms with Crippen LogP contribution in [0.5, 0.6) is 0 Å². The standard InChI is InChI=1S/C20H30N2O3/c1-5-17-15(13-23)10-11-22(17)18(24)12-21-19(25)14-6-8-16(9-7-14)20(2,3)4/h6-9,15,17,23H,5,10-13H2,1-4H3,(H,21,25)/t15-,17+/m0/s1. The Balaban J connectivity index is 1.92. The number of likely N-dealkylation sites (tertiary alicyclic amines) is 1. The van der Waals surface area contributed by atoms with Crippen molar-refractivity contribution < 1.29 is 14.7 Å². The Kier molecular flexibility index (Phi) is 6.22. The number of rotatable bonds is 5. The molecular weight excluding hydrogens is 316 g/mol. The Morgan fingerprint density at radius 1 is 1.24 bits per heavy atom. The molecule has 1 aliphatic rings. The molecule has 2 atom stereocenters. The molecule has 0 aliphatic carbocycles. The van der Waals surface area contributed by atoms with Crippen molar-refractivity contribution in [2.45, 2.75) is 52.0 Å². The molecular formula is C20H30N2O3. The van der Waals surface area contributed by atoms with Crippen molar-refractivity contribution in [1.29, 1.82) is 0 Å². The third-order valence-electron chi connectivity index (χ3n) is 5.07. The molecule has 2 rings (SSSR count). The molecule has 0 unspecified atom stereocenters. The Labute approximate surface area is 150 Å². The Morgan fingerprint density at radius 3 is 2.40 bits per heavy atom. The minimum Gasteiger partial charge on any atom is -0.396 e. The van der Waals surface area contributed by atoms with Crippen LogP contribution in [0.1, 0.15) is 56.5 Å². The predicted molar refractivity (Wildman–Crippen MR) is 98.5 cm³/mol. The first-order chi connectivity index (χ1) is 11.8. The fraction of sp³-hybridized carbons (Fsp3) is 0.600. The monoisotopic (exact) mass is 346 g/mol. The van der Waals surface area contributed by atoms with Crippen LogP contribution in [0.15, 0.2) is 24.3 Å². The lowest BCUT2D eigenvalue weighted by atomic mass is 9.87. The van der Waals surface area contributed by atoms with E-state index in [1.165, 1.54) is 0 Å². The summed E-state index contributed by atoms with van der Waals surface area (Å²) in [7, 11) is 0. The quantitative estimate of drug-likeness (QED) is 0.860. The number of carbonyl (C=O) groups excluding carboxylic acids is 2. The number of nitrogens with one attached hydrogen (secondary N) is 1. The van der Waals surface area contributed by atoms with Crippen molar-refractivity contribution in [3.05, 3.63) is 35.4 Å². The van der Waals surface area contributed by atoms with E-state index in [9.17, 15) is 14.7 Å². The van der Waals surface area contributed by atoms with E-state index in [1.54, 1.807) is 17.0 Å². The number of benzene rings is 1. The number of aliphatic hydroxyl groups is 1. The van der Waals surface area contributed by atoms with Gasteiger partial charge in [0.15, 0.2) is 0 Å². The minimum absolute atomic E-state index is 0.00545. The molecule has 2 amide bonds. The van der Waals surface area contributed by atoms with Crippen LogP contribution < -0.4 is 5.32 Å². The van der Waals surface area contributed by atoms with Gasteiger partial charge in [0.1, 0.15) is 0 Å². The molecule has 1 aromatic carbocycles. The van der Waals surface area contributed by atoms with E-state index < -0.39 is 0 Å². The summed E-state index contributed by atoms with van der Waals surface area (Å²) in [4.78, 5) is 26.5. The molecule has 1 aromatic rings. The molecule has 138 valence electrons. The molecule has 5 heteroatoms. The van der Waals surface area contributed by atoms with Gasteiger partial charge in [0.05, 0.1) is 6.54 Å². The number of amides is 2. The Hall–Kier alpha value is -1.88. The number of hydrogen-bond acceptors (Lipinski definition) is 3. The Morgan fingerprint density at radius 2 is 1.88 bits per heavy atom. The fourth-order valence-corrected chi connectivity index (χ4v) is 3.48. The van der Waals surface area contributed by atoms with Crippen molar-refractivity contribution in [3.8, 4) is 0 Å². The van der Waals surface area contributed by atoms with Gasteiger partial charge in [-0.25, -0.2) is 0 Å². The molecule has 1 saturated heterocycles. The number of nitrogens with zero attached hydrogens (tertiary/aromatic N) is 1. The molecule has 1 aliphatic heterocycles. The van der Waals surface area contributed by atoms with Gasteiger partial charge in [-0.3, -0.25) is 9.59 Å². The highest BCUT2D eigenvalue weighted by Crippen LogP contribution is 2.26. The van der Waals surface area contributed by atoms with Crippen LogP contribution in [0.4, 0.5) is 0 Å². The van der Waals surface area contributed by atoms with Gasteiger partial charge in [-0.05, 0) is 36.0 Å². The van der Waals surface area contributed by atoms with Gasteiger partial charge in [-0.1, -0.05) is 39.8 Å². The minimum atomic E-state index is -0.236. The summed E-state index contributed by atoms with van der Waals surface area (Å²) in [6.07, 6.45) is 1.64. The smallest absolute Gasteiger partial charge is 0.251 e. The van der Waals surface area contributed by atoms with Gasteiger partial charge in [0, 0.05) is 30.7 Å². The zero-order chi connectivity index (χ0) is 18.6. The van der Waals surface area contributed by atoms with Crippen LogP contribution in [0.3, 0.4) is 0 Å². The third-order valence-corrected chi connectivity index (χ3v) is 5.07. The molecule has 2 N–H and O–H groups in total. The van der Waals surface area contributed by atoms with E-state index >= 15 is 0 Å². The van der Waals surface area contributed by atoms with Gasteiger partial charge in [0.25, 0.3) is 5.91 Å². The van der Waals surface area contributed by atoms with Crippen molar-refractivity contribution in [1.82, 2.24) is 10.2 Å². The van der Waals surface area contributed by atoms with Crippen LogP contribution in [0, 0.1) is 5.92 Å². The van der Waals surface area contributed by atoms with Gasteiger partial charge in [-0.2, -0.15) is 0 Å². The van der Waals surface area contributed by atoms with Crippen LogP contribution in [-0.2, 0) is 10.2 Å². The summed E-state index contributed by atoms with van der Waals surface area (Å²) < 4.78 is 0. The summed E-state index contributed by atoms with van der Waals surface area (Å²) in [5, 5.41) is 12.1. The zero-order valence-corrected chi connectivity index (χ0v) is 15.7. The van der Waals surface area contributed by atoms with Crippen LogP contribution in [0.2, 0.25) is 0 Å². The predicted octanol–water partition coefficient (Wildman–Crippen LogP) is 2.33. The van der Waals surface area contributed by atoms with E-state index in [1.807, 2.05) is 19.1 Å². The van der Waals surface area contributed by atoms with Gasteiger partial charge >= 0.3 is 0 Å². The first kappa shape index (κ1) is 19.4. The van der Waals surface area contributed by atoms with Crippen LogP contribution in [0.25, 0.3) is 0 Å². The summed E-state index contributed by atoms with van der Waals surface area (Å²) >= 11 is 0. The molecule has 0 spiro atoms. The van der Waals surface area contributed by atoms with Crippen molar-refractivity contribution >= 4 is 11.8 Å². The molecule has 0 aromatic heterocycles. The van der Waals surface area contributed by atoms with E-state index in [0.29, 0.717) is 12.1 Å². The Bertz CT molecular complexity index is 604. The molecule has 5 nitrogen and oxygen atoms in total. The highest BCUT2D eigenvalue weighted by atomic mass is 16.3. The van der Waals surface area contributed by atoms with Crippen molar-refractivity contribution in [3.63, 3.8) is 0 Å². The second kappa shape index (κ2) is 8.00. The molecule has 25 heavy (non-hydrogen) atoms. The number of aliphatic hydroxyl groups excluding tert-OH is 1. The normalized spacial score (nSPS) is 20.6. The highest BCUT2D eigenvalue weighted by molar-refractivity contribution is 5.96. The SMILES string of the molecule is CC[C@@H]1[C@H](CO)CCN1C(=O)CNC(=O)c1ccc(C(C)(C)C)cc1. The lowest BCUT2D eigenvalue weighted by Crippen LogP contribution is -2.44.